The number of ether oxygens (including phenoxy) is 2. The molecular weight excluding hydrogens is 430 g/mol. The first kappa shape index (κ1) is 24.0. The van der Waals surface area contributed by atoms with Crippen molar-refractivity contribution in [1.82, 2.24) is 14.7 Å². The van der Waals surface area contributed by atoms with Crippen LogP contribution >= 0.6 is 0 Å². The molecule has 0 N–H and O–H groups in total. The smallest absolute Gasteiger partial charge is 0.247 e. The summed E-state index contributed by atoms with van der Waals surface area (Å²) in [6.45, 7) is 4.65. The molecule has 2 amide bonds. The molecule has 34 heavy (non-hydrogen) atoms. The first-order valence-electron chi connectivity index (χ1n) is 11.8. The minimum Gasteiger partial charge on any atom is -0.493 e. The molecule has 0 aliphatic carbocycles. The van der Waals surface area contributed by atoms with Crippen molar-refractivity contribution < 1.29 is 19.1 Å². The van der Waals surface area contributed by atoms with Gasteiger partial charge in [-0.1, -0.05) is 48.6 Å². The highest BCUT2D eigenvalue weighted by molar-refractivity contribution is 6.05. The molecule has 0 bridgehead atoms. The van der Waals surface area contributed by atoms with Crippen LogP contribution in [0.1, 0.15) is 17.5 Å². The molecule has 2 aliphatic heterocycles. The largest absolute Gasteiger partial charge is 0.493 e. The molecule has 7 heteroatoms. The molecule has 180 valence electrons. The second kappa shape index (κ2) is 11.3. The van der Waals surface area contributed by atoms with Crippen LogP contribution in [-0.4, -0.2) is 86.0 Å². The molecule has 2 aromatic rings. The van der Waals surface area contributed by atoms with Gasteiger partial charge in [0.2, 0.25) is 11.8 Å². The Morgan fingerprint density at radius 3 is 2.38 bits per heavy atom. The minimum atomic E-state index is -0.333. The van der Waals surface area contributed by atoms with Crippen LogP contribution in [0.2, 0.25) is 0 Å². The number of methoxy groups -OCH3 is 2. The summed E-state index contributed by atoms with van der Waals surface area (Å²) < 4.78 is 10.6. The van der Waals surface area contributed by atoms with Gasteiger partial charge in [-0.15, -0.1) is 0 Å². The topological polar surface area (TPSA) is 62.3 Å². The zero-order valence-electron chi connectivity index (χ0n) is 20.0. The van der Waals surface area contributed by atoms with Gasteiger partial charge < -0.3 is 9.47 Å². The van der Waals surface area contributed by atoms with E-state index in [-0.39, 0.29) is 24.3 Å². The van der Waals surface area contributed by atoms with E-state index in [1.165, 1.54) is 10.5 Å². The van der Waals surface area contributed by atoms with E-state index in [0.29, 0.717) is 24.5 Å². The van der Waals surface area contributed by atoms with Gasteiger partial charge in [0.1, 0.15) is 0 Å². The molecule has 0 radical (unpaired) electrons. The average Bonchev–Trinajstić information content (AvgIpc) is 3.16. The van der Waals surface area contributed by atoms with Crippen LogP contribution in [0.3, 0.4) is 0 Å². The molecule has 2 heterocycles. The quantitative estimate of drug-likeness (QED) is 0.533. The van der Waals surface area contributed by atoms with Crippen LogP contribution in [0.4, 0.5) is 0 Å². The van der Waals surface area contributed by atoms with Crippen molar-refractivity contribution in [2.24, 2.45) is 0 Å². The first-order chi connectivity index (χ1) is 16.6. The van der Waals surface area contributed by atoms with Crippen LogP contribution in [-0.2, 0) is 16.0 Å². The molecule has 4 rings (SSSR count). The van der Waals surface area contributed by atoms with Gasteiger partial charge in [-0.05, 0) is 29.7 Å². The number of nitrogens with zero attached hydrogens (tertiary/aromatic N) is 3. The van der Waals surface area contributed by atoms with Gasteiger partial charge in [-0.3, -0.25) is 24.3 Å². The molecule has 1 atom stereocenters. The van der Waals surface area contributed by atoms with Gasteiger partial charge in [0, 0.05) is 39.3 Å². The number of rotatable bonds is 9. The Morgan fingerprint density at radius 1 is 0.941 bits per heavy atom. The van der Waals surface area contributed by atoms with E-state index in [2.05, 4.69) is 34.1 Å². The summed E-state index contributed by atoms with van der Waals surface area (Å²) >= 11 is 0. The lowest BCUT2D eigenvalue weighted by molar-refractivity contribution is -0.139. The van der Waals surface area contributed by atoms with E-state index in [1.54, 1.807) is 14.2 Å². The standard InChI is InChI=1S/C27H33N3O4/c1-33-24-11-10-22(19-25(24)34-2)12-14-30-26(31)20-23(27(30)32)29-17-15-28(16-18-29)13-6-9-21-7-4-3-5-8-21/h3-11,19,23H,12-18,20H2,1-2H3/b9-6+/t23-/m1/s1. The molecule has 0 spiro atoms. The van der Waals surface area contributed by atoms with Gasteiger partial charge in [0.25, 0.3) is 0 Å². The number of piperazine rings is 1. The predicted molar refractivity (Wildman–Crippen MR) is 132 cm³/mol. The fraction of sp³-hybridized carbons (Fsp3) is 0.407. The summed E-state index contributed by atoms with van der Waals surface area (Å²) in [5, 5.41) is 0. The maximum atomic E-state index is 13.1. The molecule has 0 unspecified atom stereocenters. The molecule has 7 nitrogen and oxygen atoms in total. The lowest BCUT2D eigenvalue weighted by atomic mass is 10.1. The predicted octanol–water partition coefficient (Wildman–Crippen LogP) is 2.70. The number of benzene rings is 2. The van der Waals surface area contributed by atoms with Crippen molar-refractivity contribution in [3.63, 3.8) is 0 Å². The summed E-state index contributed by atoms with van der Waals surface area (Å²) in [6, 6.07) is 15.6. The Morgan fingerprint density at radius 2 is 1.68 bits per heavy atom. The molecule has 2 aromatic carbocycles. The van der Waals surface area contributed by atoms with Gasteiger partial charge >= 0.3 is 0 Å². The Kier molecular flexibility index (Phi) is 7.98. The summed E-state index contributed by atoms with van der Waals surface area (Å²) in [6.07, 6.45) is 5.19. The Labute approximate surface area is 201 Å². The third kappa shape index (κ3) is 5.66. The maximum Gasteiger partial charge on any atom is 0.247 e. The van der Waals surface area contributed by atoms with Crippen molar-refractivity contribution in [1.29, 1.82) is 0 Å². The van der Waals surface area contributed by atoms with Crippen LogP contribution in [0.15, 0.2) is 54.6 Å². The minimum absolute atomic E-state index is 0.0668. The highest BCUT2D eigenvalue weighted by Gasteiger charge is 2.42. The fourth-order valence-electron chi connectivity index (χ4n) is 4.62. The zero-order valence-corrected chi connectivity index (χ0v) is 20.0. The number of imide groups is 1. The summed E-state index contributed by atoms with van der Waals surface area (Å²) in [5.41, 5.74) is 2.20. The normalized spacial score (nSPS) is 19.8. The first-order valence-corrected chi connectivity index (χ1v) is 11.8. The maximum absolute atomic E-state index is 13.1. The van der Waals surface area contributed by atoms with Gasteiger partial charge in [-0.25, -0.2) is 0 Å². The SMILES string of the molecule is COc1ccc(CCN2C(=O)C[C@@H](N3CCN(C/C=C/c4ccccc4)CC3)C2=O)cc1OC. The van der Waals surface area contributed by atoms with Gasteiger partial charge in [-0.2, -0.15) is 0 Å². The van der Waals surface area contributed by atoms with Gasteiger partial charge in [0.05, 0.1) is 26.7 Å². The Bertz CT molecular complexity index is 1020. The molecule has 2 aliphatic rings. The van der Waals surface area contributed by atoms with Crippen molar-refractivity contribution in [2.45, 2.75) is 18.9 Å². The lowest BCUT2D eigenvalue weighted by Crippen LogP contribution is -2.52. The zero-order chi connectivity index (χ0) is 23.9. The Hall–Kier alpha value is -3.16. The van der Waals surface area contributed by atoms with Crippen molar-refractivity contribution in [2.75, 3.05) is 53.5 Å². The van der Waals surface area contributed by atoms with E-state index in [9.17, 15) is 9.59 Å². The number of carbonyl (C=O) groups is 2. The molecular formula is C27H33N3O4. The summed E-state index contributed by atoms with van der Waals surface area (Å²) in [5.74, 6) is 1.16. The summed E-state index contributed by atoms with van der Waals surface area (Å²) in [4.78, 5) is 31.7. The third-order valence-electron chi connectivity index (χ3n) is 6.61. The van der Waals surface area contributed by atoms with E-state index in [1.807, 2.05) is 36.4 Å². The van der Waals surface area contributed by atoms with Crippen LogP contribution < -0.4 is 9.47 Å². The molecule has 0 saturated carbocycles. The summed E-state index contributed by atoms with van der Waals surface area (Å²) in [7, 11) is 3.19. The lowest BCUT2D eigenvalue weighted by Gasteiger charge is -2.36. The van der Waals surface area contributed by atoms with Crippen molar-refractivity contribution in [3.8, 4) is 11.5 Å². The average molecular weight is 464 g/mol. The number of hydrogen-bond donors (Lipinski definition) is 0. The van der Waals surface area contributed by atoms with E-state index >= 15 is 0 Å². The van der Waals surface area contributed by atoms with Crippen LogP contribution in [0.5, 0.6) is 11.5 Å². The Balaban J connectivity index is 1.26. The number of amides is 2. The highest BCUT2D eigenvalue weighted by atomic mass is 16.5. The third-order valence-corrected chi connectivity index (χ3v) is 6.61. The number of carbonyl (C=O) groups excluding carboxylic acids is 2. The van der Waals surface area contributed by atoms with Gasteiger partial charge in [0.15, 0.2) is 11.5 Å². The highest BCUT2D eigenvalue weighted by Crippen LogP contribution is 2.28. The fourth-order valence-corrected chi connectivity index (χ4v) is 4.62. The van der Waals surface area contributed by atoms with Crippen molar-refractivity contribution in [3.05, 3.63) is 65.7 Å². The monoisotopic (exact) mass is 463 g/mol. The second-order valence-corrected chi connectivity index (χ2v) is 8.69. The van der Waals surface area contributed by atoms with Crippen molar-refractivity contribution >= 4 is 17.9 Å². The second-order valence-electron chi connectivity index (χ2n) is 8.69. The van der Waals surface area contributed by atoms with E-state index < -0.39 is 0 Å². The van der Waals surface area contributed by atoms with E-state index in [4.69, 9.17) is 9.47 Å². The number of likely N-dealkylation sites (tertiary alicyclic amines) is 1. The van der Waals surface area contributed by atoms with E-state index in [0.717, 1.165) is 38.3 Å². The molecule has 2 fully saturated rings. The molecule has 2 saturated heterocycles. The van der Waals surface area contributed by atoms with Crippen LogP contribution in [0.25, 0.3) is 6.08 Å². The molecule has 0 aromatic heterocycles. The van der Waals surface area contributed by atoms with Crippen LogP contribution in [0, 0.1) is 0 Å². The number of hydrogen-bond acceptors (Lipinski definition) is 6.